The van der Waals surface area contributed by atoms with E-state index in [1.807, 2.05) is 0 Å². The van der Waals surface area contributed by atoms with Gasteiger partial charge in [0.25, 0.3) is 0 Å². The number of hydrogen-bond acceptors (Lipinski definition) is 1. The average molecular weight is 155 g/mol. The summed E-state index contributed by atoms with van der Waals surface area (Å²) in [5.74, 6) is 3.18. The van der Waals surface area contributed by atoms with Crippen molar-refractivity contribution in [1.29, 1.82) is 0 Å². The molecule has 0 amide bonds. The molecule has 2 fully saturated rings. The van der Waals surface area contributed by atoms with Gasteiger partial charge in [0, 0.05) is 1.43 Å². The molecule has 2 aliphatic rings. The molecule has 0 aromatic heterocycles. The highest BCUT2D eigenvalue weighted by Crippen LogP contribution is 2.40. The Bertz CT molecular complexity index is 124. The molecule has 2 rings (SSSR count). The molecule has 1 saturated heterocycles. The molecule has 1 N–H and O–H groups in total. The highest BCUT2D eigenvalue weighted by atomic mass is 14.9. The summed E-state index contributed by atoms with van der Waals surface area (Å²) >= 11 is 0. The molecule has 0 spiro atoms. The van der Waals surface area contributed by atoms with E-state index in [9.17, 15) is 0 Å². The van der Waals surface area contributed by atoms with E-state index < -0.39 is 0 Å². The minimum absolute atomic E-state index is 0. The van der Waals surface area contributed by atoms with Gasteiger partial charge in [0.1, 0.15) is 0 Å². The van der Waals surface area contributed by atoms with Crippen LogP contribution in [0.4, 0.5) is 0 Å². The molecule has 0 aromatic carbocycles. The molecule has 11 heavy (non-hydrogen) atoms. The molecule has 3 unspecified atom stereocenters. The van der Waals surface area contributed by atoms with Crippen LogP contribution in [-0.4, -0.2) is 13.1 Å². The number of nitrogens with one attached hydrogen (secondary N) is 1. The number of piperidine rings is 1. The van der Waals surface area contributed by atoms with Crippen molar-refractivity contribution in [3.05, 3.63) is 0 Å². The Hall–Kier alpha value is -0.0400. The lowest BCUT2D eigenvalue weighted by Gasteiger charge is -2.25. The highest BCUT2D eigenvalue weighted by molar-refractivity contribution is 4.87. The van der Waals surface area contributed by atoms with Crippen LogP contribution in [-0.2, 0) is 0 Å². The van der Waals surface area contributed by atoms with Crippen LogP contribution in [0.5, 0.6) is 0 Å². The number of fused-ring (bicyclic) bond motifs is 1. The fraction of sp³-hybridized carbons (Fsp3) is 1.00. The molecule has 1 heterocycles. The Balaban J connectivity index is 0.000000720. The fourth-order valence-electron chi connectivity index (χ4n) is 2.85. The van der Waals surface area contributed by atoms with Crippen LogP contribution >= 0.6 is 0 Å². The third-order valence-electron chi connectivity index (χ3n) is 3.61. The number of hydrogen-bond donors (Lipinski definition) is 1. The average Bonchev–Trinajstić information content (AvgIpc) is 2.46. The molecule has 1 aliphatic heterocycles. The second kappa shape index (κ2) is 3.14. The Labute approximate surface area is 71.0 Å². The van der Waals surface area contributed by atoms with E-state index in [2.05, 4.69) is 12.2 Å². The Morgan fingerprint density at radius 1 is 1.36 bits per heavy atom. The summed E-state index contributed by atoms with van der Waals surface area (Å²) in [6.07, 6.45) is 5.89. The van der Waals surface area contributed by atoms with Crippen LogP contribution in [0.15, 0.2) is 0 Å². The Morgan fingerprint density at radius 3 is 2.91 bits per heavy atom. The molecular formula is C10H21N. The van der Waals surface area contributed by atoms with Crippen molar-refractivity contribution >= 4 is 0 Å². The summed E-state index contributed by atoms with van der Waals surface area (Å²) < 4.78 is 0. The van der Waals surface area contributed by atoms with Crippen molar-refractivity contribution in [2.45, 2.75) is 32.6 Å². The van der Waals surface area contributed by atoms with Gasteiger partial charge in [-0.3, -0.25) is 0 Å². The fourth-order valence-corrected chi connectivity index (χ4v) is 2.85. The first-order valence-corrected chi connectivity index (χ1v) is 5.11. The molecule has 3 atom stereocenters. The van der Waals surface area contributed by atoms with Gasteiger partial charge in [-0.2, -0.15) is 0 Å². The van der Waals surface area contributed by atoms with Crippen LogP contribution in [0.25, 0.3) is 0 Å². The summed E-state index contributed by atoms with van der Waals surface area (Å²) in [6, 6.07) is 0. The van der Waals surface area contributed by atoms with Gasteiger partial charge in [0.2, 0.25) is 0 Å². The van der Waals surface area contributed by atoms with Crippen LogP contribution in [0.1, 0.15) is 34.0 Å². The van der Waals surface area contributed by atoms with Crippen LogP contribution in [0.2, 0.25) is 0 Å². The maximum absolute atomic E-state index is 3.50. The van der Waals surface area contributed by atoms with E-state index in [1.54, 1.807) is 0 Å². The molecule has 0 aromatic rings. The van der Waals surface area contributed by atoms with Gasteiger partial charge >= 0.3 is 0 Å². The summed E-state index contributed by atoms with van der Waals surface area (Å²) in [5.41, 5.74) is 0. The van der Waals surface area contributed by atoms with Crippen molar-refractivity contribution in [3.63, 3.8) is 0 Å². The second-order valence-electron chi connectivity index (χ2n) is 4.26. The smallest absolute Gasteiger partial charge is 0 e. The van der Waals surface area contributed by atoms with Gasteiger partial charge in [-0.25, -0.2) is 0 Å². The molecule has 0 bridgehead atoms. The monoisotopic (exact) mass is 155 g/mol. The van der Waals surface area contributed by atoms with Crippen molar-refractivity contribution in [3.8, 4) is 0 Å². The van der Waals surface area contributed by atoms with Gasteiger partial charge in [0.15, 0.2) is 0 Å². The highest BCUT2D eigenvalue weighted by Gasteiger charge is 2.34. The predicted molar refractivity (Wildman–Crippen MR) is 49.6 cm³/mol. The van der Waals surface area contributed by atoms with Crippen LogP contribution in [0.3, 0.4) is 0 Å². The van der Waals surface area contributed by atoms with E-state index in [0.29, 0.717) is 0 Å². The largest absolute Gasteiger partial charge is 0.316 e. The molecule has 1 nitrogen and oxygen atoms in total. The van der Waals surface area contributed by atoms with Gasteiger partial charge in [-0.05, 0) is 50.1 Å². The first kappa shape index (κ1) is 7.60. The topological polar surface area (TPSA) is 12.0 Å². The zero-order chi connectivity index (χ0) is 7.68. The summed E-state index contributed by atoms with van der Waals surface area (Å²) in [7, 11) is 0. The maximum Gasteiger partial charge on any atom is 0 e. The minimum atomic E-state index is 0. The third kappa shape index (κ3) is 1.44. The van der Waals surface area contributed by atoms with Gasteiger partial charge in [-0.15, -0.1) is 0 Å². The lowest BCUT2D eigenvalue weighted by atomic mass is 9.90. The van der Waals surface area contributed by atoms with Gasteiger partial charge < -0.3 is 5.32 Å². The van der Waals surface area contributed by atoms with E-state index >= 15 is 0 Å². The standard InChI is InChI=1S/C10H19N.H2/c1-2-8-5-9-3-4-11-7-10(9)6-8;/h8-11H,2-7H2,1H3;1H. The van der Waals surface area contributed by atoms with Gasteiger partial charge in [-0.1, -0.05) is 13.3 Å². The van der Waals surface area contributed by atoms with Crippen molar-refractivity contribution in [2.24, 2.45) is 17.8 Å². The zero-order valence-electron chi connectivity index (χ0n) is 7.47. The summed E-state index contributed by atoms with van der Waals surface area (Å²) in [5, 5.41) is 3.50. The Morgan fingerprint density at radius 2 is 2.18 bits per heavy atom. The lowest BCUT2D eigenvalue weighted by Crippen LogP contribution is -2.33. The summed E-state index contributed by atoms with van der Waals surface area (Å²) in [6.45, 7) is 4.92. The van der Waals surface area contributed by atoms with Crippen molar-refractivity contribution < 1.29 is 1.43 Å². The molecule has 1 aliphatic carbocycles. The third-order valence-corrected chi connectivity index (χ3v) is 3.61. The molecule has 0 radical (unpaired) electrons. The number of rotatable bonds is 1. The van der Waals surface area contributed by atoms with E-state index in [-0.39, 0.29) is 1.43 Å². The van der Waals surface area contributed by atoms with E-state index in [1.165, 1.54) is 38.8 Å². The zero-order valence-corrected chi connectivity index (χ0v) is 7.47. The molecule has 1 saturated carbocycles. The molecular weight excluding hydrogens is 134 g/mol. The molecule has 66 valence electrons. The first-order valence-electron chi connectivity index (χ1n) is 5.11. The van der Waals surface area contributed by atoms with Crippen LogP contribution in [0, 0.1) is 17.8 Å². The molecule has 1 heteroatoms. The quantitative estimate of drug-likeness (QED) is 0.612. The maximum atomic E-state index is 3.50. The predicted octanol–water partition coefficient (Wildman–Crippen LogP) is 2.28. The van der Waals surface area contributed by atoms with Crippen LogP contribution < -0.4 is 5.32 Å². The first-order chi connectivity index (χ1) is 5.40. The lowest BCUT2D eigenvalue weighted by molar-refractivity contribution is 0.295. The summed E-state index contributed by atoms with van der Waals surface area (Å²) in [4.78, 5) is 0. The Kier molecular flexibility index (Phi) is 2.17. The minimum Gasteiger partial charge on any atom is -0.316 e. The van der Waals surface area contributed by atoms with E-state index in [0.717, 1.165) is 17.8 Å². The van der Waals surface area contributed by atoms with Gasteiger partial charge in [0.05, 0.1) is 0 Å². The van der Waals surface area contributed by atoms with E-state index in [4.69, 9.17) is 0 Å². The van der Waals surface area contributed by atoms with Crippen molar-refractivity contribution in [2.75, 3.05) is 13.1 Å². The van der Waals surface area contributed by atoms with Crippen molar-refractivity contribution in [1.82, 2.24) is 5.32 Å². The normalized spacial score (nSPS) is 43.9. The SMILES string of the molecule is CCC1CC2CCNCC2C1.[HH]. The second-order valence-corrected chi connectivity index (χ2v) is 4.26.